The highest BCUT2D eigenvalue weighted by molar-refractivity contribution is 9.10. The Labute approximate surface area is 129 Å². The van der Waals surface area contributed by atoms with E-state index < -0.39 is 0 Å². The average Bonchev–Trinajstić information content (AvgIpc) is 2.72. The number of para-hydroxylation sites is 1. The number of aromatic nitrogens is 1. The van der Waals surface area contributed by atoms with Crippen LogP contribution in [0.1, 0.15) is 10.6 Å². The number of nitrogens with zero attached hydrogens (tertiary/aromatic N) is 2. The van der Waals surface area contributed by atoms with Crippen LogP contribution in [0.25, 0.3) is 0 Å². The lowest BCUT2D eigenvalue weighted by Gasteiger charge is -2.05. The van der Waals surface area contributed by atoms with E-state index in [1.54, 1.807) is 6.21 Å². The van der Waals surface area contributed by atoms with Gasteiger partial charge in [-0.25, -0.2) is 0 Å². The van der Waals surface area contributed by atoms with Gasteiger partial charge in [0, 0.05) is 5.69 Å². The number of hydrogen-bond acceptors (Lipinski definition) is 4. The molecule has 2 aromatic rings. The summed E-state index contributed by atoms with van der Waals surface area (Å²) in [5, 5.41) is 7.55. The first kappa shape index (κ1) is 14.1. The molecule has 0 aliphatic carbocycles. The summed E-state index contributed by atoms with van der Waals surface area (Å²) in [7, 11) is 0. The van der Waals surface area contributed by atoms with Gasteiger partial charge in [0.1, 0.15) is 0 Å². The number of hydrogen-bond donors (Lipinski definition) is 2. The van der Waals surface area contributed by atoms with Gasteiger partial charge in [-0.05, 0) is 58.7 Å². The highest BCUT2D eigenvalue weighted by Gasteiger charge is 2.04. The van der Waals surface area contributed by atoms with Gasteiger partial charge in [-0.15, -0.1) is 0 Å². The van der Waals surface area contributed by atoms with E-state index in [0.29, 0.717) is 5.11 Å². The molecular weight excluding hydrogens is 344 g/mol. The van der Waals surface area contributed by atoms with Crippen LogP contribution in [0.15, 0.2) is 39.9 Å². The molecular formula is C12H11BrN4S2. The maximum Gasteiger partial charge on any atom is 0.191 e. The molecule has 0 radical (unpaired) electrons. The van der Waals surface area contributed by atoms with Crippen molar-refractivity contribution in [1.29, 1.82) is 0 Å². The second-order valence-corrected chi connectivity index (χ2v) is 5.64. The van der Waals surface area contributed by atoms with E-state index in [2.05, 4.69) is 36.1 Å². The second-order valence-electron chi connectivity index (χ2n) is 3.64. The number of benzene rings is 1. The fraction of sp³-hybridized carbons (Fsp3) is 0.0833. The van der Waals surface area contributed by atoms with Gasteiger partial charge in [-0.2, -0.15) is 9.47 Å². The molecule has 0 aliphatic heterocycles. The van der Waals surface area contributed by atoms with Crippen LogP contribution < -0.4 is 10.7 Å². The lowest BCUT2D eigenvalue weighted by Crippen LogP contribution is -2.23. The van der Waals surface area contributed by atoms with Crippen molar-refractivity contribution in [1.82, 2.24) is 9.80 Å². The van der Waals surface area contributed by atoms with Gasteiger partial charge in [-0.3, -0.25) is 5.43 Å². The van der Waals surface area contributed by atoms with Crippen LogP contribution in [-0.4, -0.2) is 15.7 Å². The van der Waals surface area contributed by atoms with E-state index >= 15 is 0 Å². The molecule has 0 saturated carbocycles. The minimum atomic E-state index is 0.444. The smallest absolute Gasteiger partial charge is 0.191 e. The van der Waals surface area contributed by atoms with Crippen molar-refractivity contribution in [2.75, 3.05) is 5.32 Å². The number of halogens is 1. The van der Waals surface area contributed by atoms with E-state index in [1.165, 1.54) is 11.5 Å². The molecule has 0 bridgehead atoms. The van der Waals surface area contributed by atoms with E-state index in [0.717, 1.165) is 20.7 Å². The zero-order valence-electron chi connectivity index (χ0n) is 10.1. The molecule has 1 aromatic carbocycles. The first-order valence-electron chi connectivity index (χ1n) is 5.43. The molecule has 0 unspecified atom stereocenters. The van der Waals surface area contributed by atoms with Gasteiger partial charge >= 0.3 is 0 Å². The van der Waals surface area contributed by atoms with E-state index in [-0.39, 0.29) is 0 Å². The highest BCUT2D eigenvalue weighted by atomic mass is 79.9. The highest BCUT2D eigenvalue weighted by Crippen LogP contribution is 2.22. The third kappa shape index (κ3) is 4.09. The number of nitrogens with one attached hydrogen (secondary N) is 2. The molecule has 2 N–H and O–H groups in total. The second kappa shape index (κ2) is 6.74. The first-order valence-corrected chi connectivity index (χ1v) is 7.41. The molecule has 7 heteroatoms. The summed E-state index contributed by atoms with van der Waals surface area (Å²) in [4.78, 5) is 0.951. The minimum absolute atomic E-state index is 0.444. The van der Waals surface area contributed by atoms with E-state index in [1.807, 2.05) is 37.3 Å². The quantitative estimate of drug-likeness (QED) is 0.502. The Morgan fingerprint density at radius 2 is 2.16 bits per heavy atom. The van der Waals surface area contributed by atoms with E-state index in [4.69, 9.17) is 12.2 Å². The molecule has 0 saturated heterocycles. The summed E-state index contributed by atoms with van der Waals surface area (Å²) in [5.41, 5.74) is 4.64. The van der Waals surface area contributed by atoms with Crippen molar-refractivity contribution in [3.05, 3.63) is 45.4 Å². The predicted octanol–water partition coefficient (Wildman–Crippen LogP) is 3.53. The maximum absolute atomic E-state index is 5.13. The van der Waals surface area contributed by atoms with Crippen molar-refractivity contribution < 1.29 is 0 Å². The molecule has 0 spiro atoms. The van der Waals surface area contributed by atoms with Crippen molar-refractivity contribution in [3.8, 4) is 0 Å². The lowest BCUT2D eigenvalue weighted by atomic mass is 10.3. The Morgan fingerprint density at radius 1 is 1.42 bits per heavy atom. The Kier molecular flexibility index (Phi) is 5.00. The van der Waals surface area contributed by atoms with Gasteiger partial charge in [0.15, 0.2) is 5.11 Å². The molecule has 0 aliphatic rings. The molecule has 0 atom stereocenters. The molecule has 1 aromatic heterocycles. The molecule has 0 amide bonds. The first-order chi connectivity index (χ1) is 9.16. The van der Waals surface area contributed by atoms with Gasteiger partial charge in [0.2, 0.25) is 0 Å². The number of rotatable bonds is 3. The number of aryl methyl sites for hydroxylation is 1. The summed E-state index contributed by atoms with van der Waals surface area (Å²) < 4.78 is 5.17. The fourth-order valence-corrected chi connectivity index (χ4v) is 2.64. The minimum Gasteiger partial charge on any atom is -0.331 e. The molecule has 19 heavy (non-hydrogen) atoms. The van der Waals surface area contributed by atoms with Gasteiger partial charge in [0.25, 0.3) is 0 Å². The third-order valence-corrected chi connectivity index (χ3v) is 4.52. The normalized spacial score (nSPS) is 10.6. The van der Waals surface area contributed by atoms with Crippen molar-refractivity contribution in [2.45, 2.75) is 6.92 Å². The van der Waals surface area contributed by atoms with Crippen LogP contribution >= 0.6 is 39.7 Å². The fourth-order valence-electron chi connectivity index (χ4n) is 1.29. The standard InChI is InChI=1S/C12H11BrN4S2/c1-8-11(13)10(19-17-8)7-14-16-12(18)15-9-5-3-2-4-6-9/h2-7H,1H3,(H2,15,16,18)/b14-7+. The number of hydrazone groups is 1. The summed E-state index contributed by atoms with van der Waals surface area (Å²) in [6.45, 7) is 1.94. The Hall–Kier alpha value is -1.31. The van der Waals surface area contributed by atoms with Crippen LogP contribution in [-0.2, 0) is 0 Å². The van der Waals surface area contributed by atoms with Crippen LogP contribution in [0.3, 0.4) is 0 Å². The topological polar surface area (TPSA) is 49.3 Å². The largest absolute Gasteiger partial charge is 0.331 e. The van der Waals surface area contributed by atoms with Crippen molar-refractivity contribution >= 4 is 56.7 Å². The predicted molar refractivity (Wildman–Crippen MR) is 87.9 cm³/mol. The van der Waals surface area contributed by atoms with Crippen molar-refractivity contribution in [2.24, 2.45) is 5.10 Å². The number of anilines is 1. The van der Waals surface area contributed by atoms with Crippen LogP contribution in [0, 0.1) is 6.92 Å². The summed E-state index contributed by atoms with van der Waals surface area (Å²) in [6.07, 6.45) is 1.69. The summed E-state index contributed by atoms with van der Waals surface area (Å²) >= 11 is 9.96. The summed E-state index contributed by atoms with van der Waals surface area (Å²) in [6, 6.07) is 9.68. The van der Waals surface area contributed by atoms with E-state index in [9.17, 15) is 0 Å². The molecule has 2 rings (SSSR count). The Balaban J connectivity index is 1.89. The van der Waals surface area contributed by atoms with Gasteiger partial charge < -0.3 is 5.32 Å². The maximum atomic E-state index is 5.13. The van der Waals surface area contributed by atoms with Crippen molar-refractivity contribution in [3.63, 3.8) is 0 Å². The molecule has 0 fully saturated rings. The zero-order valence-corrected chi connectivity index (χ0v) is 13.3. The Morgan fingerprint density at radius 3 is 2.79 bits per heavy atom. The number of thiocarbonyl (C=S) groups is 1. The van der Waals surface area contributed by atoms with Crippen LogP contribution in [0.4, 0.5) is 5.69 Å². The average molecular weight is 355 g/mol. The molecule has 98 valence electrons. The SMILES string of the molecule is Cc1nsc(/C=N/NC(=S)Nc2ccccc2)c1Br. The summed E-state index contributed by atoms with van der Waals surface area (Å²) in [5.74, 6) is 0. The Bertz CT molecular complexity index is 595. The monoisotopic (exact) mass is 354 g/mol. The lowest BCUT2D eigenvalue weighted by molar-refractivity contribution is 1.05. The zero-order chi connectivity index (χ0) is 13.7. The molecule has 1 heterocycles. The third-order valence-electron chi connectivity index (χ3n) is 2.19. The van der Waals surface area contributed by atoms with Crippen LogP contribution in [0.2, 0.25) is 0 Å². The van der Waals surface area contributed by atoms with Gasteiger partial charge in [-0.1, -0.05) is 18.2 Å². The molecule has 4 nitrogen and oxygen atoms in total. The van der Waals surface area contributed by atoms with Crippen LogP contribution in [0.5, 0.6) is 0 Å². The van der Waals surface area contributed by atoms with Gasteiger partial charge in [0.05, 0.1) is 21.3 Å².